The Morgan fingerprint density at radius 3 is 1.26 bits per heavy atom. The van der Waals surface area contributed by atoms with Gasteiger partial charge in [0.2, 0.25) is 6.79 Å². The second-order valence-electron chi connectivity index (χ2n) is 4.68. The highest BCUT2D eigenvalue weighted by atomic mass is 16.7. The van der Waals surface area contributed by atoms with Crippen molar-refractivity contribution in [3.8, 4) is 0 Å². The normalized spacial score (nSPS) is 18.1. The van der Waals surface area contributed by atoms with Gasteiger partial charge >= 0.3 is 11.9 Å². The summed E-state index contributed by atoms with van der Waals surface area (Å²) in [6.45, 7) is -0.325. The van der Waals surface area contributed by atoms with Crippen molar-refractivity contribution in [3.63, 3.8) is 0 Å². The molecule has 1 aromatic rings. The fourth-order valence-corrected chi connectivity index (χ4v) is 2.11. The maximum Gasteiger partial charge on any atom is 0.340 e. The van der Waals surface area contributed by atoms with Gasteiger partial charge in [0.1, 0.15) is 0 Å². The predicted octanol–water partition coefficient (Wildman–Crippen LogP) is 3.31. The Bertz CT molecular complexity index is 385. The van der Waals surface area contributed by atoms with Gasteiger partial charge in [-0.1, -0.05) is 38.5 Å². The molecule has 1 aromatic carbocycles. The summed E-state index contributed by atoms with van der Waals surface area (Å²) in [5.41, 5.74) is 0.837. The lowest BCUT2D eigenvalue weighted by Crippen LogP contribution is -2.09. The van der Waals surface area contributed by atoms with Crippen molar-refractivity contribution in [2.24, 2.45) is 0 Å². The van der Waals surface area contributed by atoms with Crippen LogP contribution in [0.3, 0.4) is 0 Å². The molecule has 2 heterocycles. The van der Waals surface area contributed by atoms with Crippen LogP contribution in [0, 0.1) is 0 Å². The molecule has 0 aromatic heterocycles. The third kappa shape index (κ3) is 4.09. The first-order valence-electron chi connectivity index (χ1n) is 6.72. The number of fused-ring (bicyclic) bond motifs is 6. The van der Waals surface area contributed by atoms with E-state index in [-0.39, 0.29) is 6.79 Å². The molecule has 0 spiro atoms. The molecule has 0 amide bonds. The van der Waals surface area contributed by atoms with Crippen LogP contribution < -0.4 is 0 Å². The highest BCUT2D eigenvalue weighted by Crippen LogP contribution is 2.15. The van der Waals surface area contributed by atoms with Crippen LogP contribution in [0.2, 0.25) is 0 Å². The SMILES string of the molecule is C1CCCCC1.O=C1OCOC(=O)c2ccc1cc2. The van der Waals surface area contributed by atoms with E-state index < -0.39 is 11.9 Å². The van der Waals surface area contributed by atoms with Gasteiger partial charge in [0, 0.05) is 0 Å². The highest BCUT2D eigenvalue weighted by Gasteiger charge is 2.14. The molecule has 4 heteroatoms. The Hall–Kier alpha value is -1.84. The van der Waals surface area contributed by atoms with E-state index in [2.05, 4.69) is 9.47 Å². The third-order valence-corrected chi connectivity index (χ3v) is 3.24. The number of carbonyl (C=O) groups excluding carboxylic acids is 2. The van der Waals surface area contributed by atoms with E-state index in [9.17, 15) is 9.59 Å². The average molecular weight is 262 g/mol. The molecular weight excluding hydrogens is 244 g/mol. The van der Waals surface area contributed by atoms with E-state index in [0.29, 0.717) is 11.1 Å². The van der Waals surface area contributed by atoms with Crippen molar-refractivity contribution in [2.45, 2.75) is 38.5 Å². The molecular formula is C15H18O4. The molecule has 1 aliphatic carbocycles. The lowest BCUT2D eigenvalue weighted by Gasteiger charge is -2.05. The molecule has 1 fully saturated rings. The van der Waals surface area contributed by atoms with Gasteiger partial charge in [-0.05, 0) is 24.3 Å². The monoisotopic (exact) mass is 262 g/mol. The molecule has 2 bridgehead atoms. The zero-order valence-corrected chi connectivity index (χ0v) is 10.9. The van der Waals surface area contributed by atoms with Gasteiger partial charge < -0.3 is 9.47 Å². The summed E-state index contributed by atoms with van der Waals surface area (Å²) < 4.78 is 9.26. The Morgan fingerprint density at radius 1 is 0.632 bits per heavy atom. The van der Waals surface area contributed by atoms with E-state index in [4.69, 9.17) is 0 Å². The minimum absolute atomic E-state index is 0.325. The molecule has 0 radical (unpaired) electrons. The van der Waals surface area contributed by atoms with Gasteiger partial charge in [0.15, 0.2) is 0 Å². The molecule has 1 saturated carbocycles. The fourth-order valence-electron chi connectivity index (χ4n) is 2.11. The first-order chi connectivity index (χ1) is 9.27. The van der Waals surface area contributed by atoms with Crippen LogP contribution in [-0.2, 0) is 9.47 Å². The average Bonchev–Trinajstić information content (AvgIpc) is 2.59. The Labute approximate surface area is 112 Å². The number of rotatable bonds is 0. The van der Waals surface area contributed by atoms with Gasteiger partial charge in [0.25, 0.3) is 0 Å². The van der Waals surface area contributed by atoms with Crippen LogP contribution >= 0.6 is 0 Å². The molecule has 3 aliphatic rings. The summed E-state index contributed by atoms with van der Waals surface area (Å²) in [6.07, 6.45) is 9.00. The number of hydrogen-bond acceptors (Lipinski definition) is 4. The third-order valence-electron chi connectivity index (χ3n) is 3.24. The van der Waals surface area contributed by atoms with Crippen molar-refractivity contribution in [1.29, 1.82) is 0 Å². The zero-order chi connectivity index (χ0) is 13.5. The number of ether oxygens (including phenoxy) is 2. The van der Waals surface area contributed by atoms with E-state index in [1.54, 1.807) is 0 Å². The topological polar surface area (TPSA) is 52.6 Å². The summed E-state index contributed by atoms with van der Waals surface area (Å²) in [5.74, 6) is -0.970. The Balaban J connectivity index is 0.000000186. The second-order valence-corrected chi connectivity index (χ2v) is 4.68. The van der Waals surface area contributed by atoms with E-state index >= 15 is 0 Å². The summed E-state index contributed by atoms with van der Waals surface area (Å²) in [7, 11) is 0. The highest BCUT2D eigenvalue weighted by molar-refractivity contribution is 5.94. The van der Waals surface area contributed by atoms with Crippen molar-refractivity contribution in [2.75, 3.05) is 6.79 Å². The molecule has 0 saturated heterocycles. The first kappa shape index (κ1) is 13.6. The molecule has 4 nitrogen and oxygen atoms in total. The maximum absolute atomic E-state index is 11.1. The largest absolute Gasteiger partial charge is 0.424 e. The van der Waals surface area contributed by atoms with Crippen LogP contribution in [-0.4, -0.2) is 18.7 Å². The molecule has 0 unspecified atom stereocenters. The van der Waals surface area contributed by atoms with Crippen LogP contribution in [0.1, 0.15) is 59.2 Å². The van der Waals surface area contributed by atoms with Crippen molar-refractivity contribution < 1.29 is 19.1 Å². The predicted molar refractivity (Wildman–Crippen MR) is 69.8 cm³/mol. The molecule has 0 N–H and O–H groups in total. The molecule has 102 valence electrons. The zero-order valence-electron chi connectivity index (χ0n) is 10.9. The summed E-state index contributed by atoms with van der Waals surface area (Å²) in [5, 5.41) is 0. The van der Waals surface area contributed by atoms with Crippen molar-refractivity contribution in [3.05, 3.63) is 35.4 Å². The van der Waals surface area contributed by atoms with Crippen molar-refractivity contribution in [1.82, 2.24) is 0 Å². The molecule has 0 atom stereocenters. The van der Waals surface area contributed by atoms with Gasteiger partial charge in [-0.2, -0.15) is 0 Å². The maximum atomic E-state index is 11.1. The minimum Gasteiger partial charge on any atom is -0.424 e. The quantitative estimate of drug-likeness (QED) is 0.673. The van der Waals surface area contributed by atoms with Crippen LogP contribution in [0.25, 0.3) is 0 Å². The lowest BCUT2D eigenvalue weighted by molar-refractivity contribution is -0.0161. The Morgan fingerprint density at radius 2 is 0.947 bits per heavy atom. The van der Waals surface area contributed by atoms with E-state index in [1.165, 1.54) is 62.8 Å². The fraction of sp³-hybridized carbons (Fsp3) is 0.467. The smallest absolute Gasteiger partial charge is 0.340 e. The number of carbonyl (C=O) groups is 2. The molecule has 4 rings (SSSR count). The van der Waals surface area contributed by atoms with Gasteiger partial charge in [-0.3, -0.25) is 0 Å². The van der Waals surface area contributed by atoms with Gasteiger partial charge in [0.05, 0.1) is 11.1 Å². The van der Waals surface area contributed by atoms with E-state index in [1.807, 2.05) is 0 Å². The van der Waals surface area contributed by atoms with Gasteiger partial charge in [-0.15, -0.1) is 0 Å². The van der Waals surface area contributed by atoms with Crippen LogP contribution in [0.15, 0.2) is 24.3 Å². The van der Waals surface area contributed by atoms with Crippen molar-refractivity contribution >= 4 is 11.9 Å². The first-order valence-corrected chi connectivity index (χ1v) is 6.72. The second kappa shape index (κ2) is 6.92. The summed E-state index contributed by atoms with van der Waals surface area (Å²) in [4.78, 5) is 22.2. The lowest BCUT2D eigenvalue weighted by atomic mass is 10.0. The summed E-state index contributed by atoms with van der Waals surface area (Å²) >= 11 is 0. The van der Waals surface area contributed by atoms with Crippen LogP contribution in [0.5, 0.6) is 0 Å². The van der Waals surface area contributed by atoms with Crippen LogP contribution in [0.4, 0.5) is 0 Å². The number of hydrogen-bond donors (Lipinski definition) is 0. The standard InChI is InChI=1S/C9H6O4.C6H12/c10-8-6-1-2-7(4-3-6)9(11)13-5-12-8;1-2-4-6-5-3-1/h1-4H,5H2;1-6H2. The summed E-state index contributed by atoms with van der Waals surface area (Å²) in [6, 6.07) is 6.13. The molecule has 2 aliphatic heterocycles. The number of esters is 2. The Kier molecular flexibility index (Phi) is 4.95. The molecule has 19 heavy (non-hydrogen) atoms. The minimum atomic E-state index is -0.485. The van der Waals surface area contributed by atoms with E-state index in [0.717, 1.165) is 0 Å². The van der Waals surface area contributed by atoms with Gasteiger partial charge in [-0.25, -0.2) is 9.59 Å². The number of benzene rings is 1.